The van der Waals surface area contributed by atoms with E-state index < -0.39 is 0 Å². The third kappa shape index (κ3) is 5.69. The Morgan fingerprint density at radius 3 is 2.26 bits per heavy atom. The van der Waals surface area contributed by atoms with Crippen molar-refractivity contribution in [2.45, 2.75) is 44.7 Å². The summed E-state index contributed by atoms with van der Waals surface area (Å²) < 4.78 is 0. The number of aliphatic imine (C=N–C) groups is 1. The number of likely N-dealkylation sites (tertiary alicyclic amines) is 2. The molecule has 3 aliphatic heterocycles. The van der Waals surface area contributed by atoms with Gasteiger partial charge in [-0.2, -0.15) is 0 Å². The Hall–Kier alpha value is -0.610. The number of hydrogen-bond donors (Lipinski definition) is 1. The van der Waals surface area contributed by atoms with E-state index in [9.17, 15) is 4.79 Å². The highest BCUT2D eigenvalue weighted by molar-refractivity contribution is 14.0. The number of hydrogen-bond acceptors (Lipinski definition) is 4. The maximum absolute atomic E-state index is 12.6. The summed E-state index contributed by atoms with van der Waals surface area (Å²) in [6, 6.07) is 0.614. The molecule has 1 N–H and O–H groups in total. The number of piperazine rings is 1. The lowest BCUT2D eigenvalue weighted by Gasteiger charge is -2.39. The molecular formula is C19H37IN6O. The minimum absolute atomic E-state index is 0. The van der Waals surface area contributed by atoms with Gasteiger partial charge in [-0.1, -0.05) is 0 Å². The molecule has 3 rings (SSSR count). The standard InChI is InChI=1S/C19H36N6O.HI/c1-16(18(26)24-9-4-5-10-24)23-11-13-25(14-12-23)19(20-2)21-15-17-7-6-8-22(17)3;/h16-17H,4-15H2,1-3H3,(H,20,21);1H. The van der Waals surface area contributed by atoms with Crippen molar-refractivity contribution in [1.29, 1.82) is 0 Å². The highest BCUT2D eigenvalue weighted by atomic mass is 127. The fourth-order valence-corrected chi connectivity index (χ4v) is 4.46. The van der Waals surface area contributed by atoms with Crippen molar-refractivity contribution in [2.75, 3.05) is 66.5 Å². The Labute approximate surface area is 181 Å². The minimum atomic E-state index is -0.00244. The second kappa shape index (κ2) is 10.8. The van der Waals surface area contributed by atoms with Gasteiger partial charge in [-0.15, -0.1) is 24.0 Å². The molecular weight excluding hydrogens is 455 g/mol. The molecule has 0 aromatic rings. The van der Waals surface area contributed by atoms with E-state index in [0.717, 1.165) is 64.6 Å². The first-order valence-electron chi connectivity index (χ1n) is 10.3. The number of nitrogens with one attached hydrogen (secondary N) is 1. The van der Waals surface area contributed by atoms with Crippen molar-refractivity contribution in [3.05, 3.63) is 0 Å². The van der Waals surface area contributed by atoms with Gasteiger partial charge >= 0.3 is 0 Å². The molecule has 0 bridgehead atoms. The van der Waals surface area contributed by atoms with Crippen LogP contribution in [0.1, 0.15) is 32.6 Å². The normalized spacial score (nSPS) is 26.2. The third-order valence-electron chi connectivity index (χ3n) is 6.32. The highest BCUT2D eigenvalue weighted by Crippen LogP contribution is 2.15. The summed E-state index contributed by atoms with van der Waals surface area (Å²) in [5.41, 5.74) is 0. The van der Waals surface area contributed by atoms with Crippen molar-refractivity contribution in [3.63, 3.8) is 0 Å². The van der Waals surface area contributed by atoms with Gasteiger partial charge in [0.25, 0.3) is 0 Å². The molecule has 8 heteroatoms. The number of amides is 1. The van der Waals surface area contributed by atoms with Crippen LogP contribution >= 0.6 is 24.0 Å². The van der Waals surface area contributed by atoms with Crippen LogP contribution in [0.15, 0.2) is 4.99 Å². The number of guanidine groups is 1. The largest absolute Gasteiger partial charge is 0.355 e. The zero-order valence-corrected chi connectivity index (χ0v) is 19.5. The fraction of sp³-hybridized carbons (Fsp3) is 0.895. The molecule has 0 radical (unpaired) electrons. The van der Waals surface area contributed by atoms with E-state index in [1.807, 2.05) is 11.9 Å². The molecule has 2 atom stereocenters. The second-order valence-electron chi connectivity index (χ2n) is 7.94. The van der Waals surface area contributed by atoms with Gasteiger partial charge < -0.3 is 20.0 Å². The lowest BCUT2D eigenvalue weighted by molar-refractivity contribution is -0.135. The van der Waals surface area contributed by atoms with Gasteiger partial charge in [0.05, 0.1) is 6.04 Å². The summed E-state index contributed by atoms with van der Waals surface area (Å²) in [6.07, 6.45) is 4.88. The smallest absolute Gasteiger partial charge is 0.239 e. The van der Waals surface area contributed by atoms with E-state index in [2.05, 4.69) is 39.0 Å². The third-order valence-corrected chi connectivity index (χ3v) is 6.32. The Morgan fingerprint density at radius 1 is 1.04 bits per heavy atom. The molecule has 0 spiro atoms. The fourth-order valence-electron chi connectivity index (χ4n) is 4.46. The summed E-state index contributed by atoms with van der Waals surface area (Å²) in [6.45, 7) is 9.81. The topological polar surface area (TPSA) is 54.4 Å². The average molecular weight is 492 g/mol. The summed E-state index contributed by atoms with van der Waals surface area (Å²) in [5.74, 6) is 1.31. The molecule has 3 heterocycles. The van der Waals surface area contributed by atoms with Crippen LogP contribution in [0.5, 0.6) is 0 Å². The lowest BCUT2D eigenvalue weighted by Crippen LogP contribution is -2.57. The van der Waals surface area contributed by atoms with Gasteiger partial charge in [-0.3, -0.25) is 14.7 Å². The van der Waals surface area contributed by atoms with Gasteiger partial charge in [-0.05, 0) is 46.2 Å². The molecule has 1 amide bonds. The zero-order valence-electron chi connectivity index (χ0n) is 17.2. The molecule has 7 nitrogen and oxygen atoms in total. The molecule has 3 aliphatic rings. The maximum Gasteiger partial charge on any atom is 0.239 e. The number of carbonyl (C=O) groups is 1. The Morgan fingerprint density at radius 2 is 1.70 bits per heavy atom. The van der Waals surface area contributed by atoms with Crippen LogP contribution in [0, 0.1) is 0 Å². The van der Waals surface area contributed by atoms with Crippen LogP contribution in [0.4, 0.5) is 0 Å². The Kier molecular flexibility index (Phi) is 9.07. The van der Waals surface area contributed by atoms with Crippen molar-refractivity contribution < 1.29 is 4.79 Å². The van der Waals surface area contributed by atoms with E-state index in [1.165, 1.54) is 19.4 Å². The van der Waals surface area contributed by atoms with Crippen LogP contribution in [0.3, 0.4) is 0 Å². The molecule has 3 fully saturated rings. The van der Waals surface area contributed by atoms with Gasteiger partial charge in [0.1, 0.15) is 0 Å². The number of likely N-dealkylation sites (N-methyl/N-ethyl adjacent to an activating group) is 1. The zero-order chi connectivity index (χ0) is 18.5. The average Bonchev–Trinajstić information content (AvgIpc) is 3.34. The molecule has 0 aliphatic carbocycles. The first-order chi connectivity index (χ1) is 12.6. The SMILES string of the molecule is CN=C(NCC1CCCN1C)N1CCN(C(C)C(=O)N2CCCC2)CC1.I. The van der Waals surface area contributed by atoms with Gasteiger partial charge in [0.15, 0.2) is 5.96 Å². The molecule has 3 saturated heterocycles. The van der Waals surface area contributed by atoms with E-state index in [1.54, 1.807) is 0 Å². The van der Waals surface area contributed by atoms with Crippen molar-refractivity contribution in [2.24, 2.45) is 4.99 Å². The van der Waals surface area contributed by atoms with Crippen LogP contribution in [0.2, 0.25) is 0 Å². The molecule has 27 heavy (non-hydrogen) atoms. The van der Waals surface area contributed by atoms with Crippen molar-refractivity contribution in [3.8, 4) is 0 Å². The van der Waals surface area contributed by atoms with Gasteiger partial charge in [-0.25, -0.2) is 0 Å². The molecule has 0 saturated carbocycles. The molecule has 0 aromatic carbocycles. The maximum atomic E-state index is 12.6. The highest BCUT2D eigenvalue weighted by Gasteiger charge is 2.30. The Bertz CT molecular complexity index is 502. The molecule has 2 unspecified atom stereocenters. The quantitative estimate of drug-likeness (QED) is 0.359. The first-order valence-corrected chi connectivity index (χ1v) is 10.3. The summed E-state index contributed by atoms with van der Waals surface area (Å²) in [7, 11) is 4.08. The van der Waals surface area contributed by atoms with Crippen molar-refractivity contribution >= 4 is 35.8 Å². The predicted molar refractivity (Wildman–Crippen MR) is 121 cm³/mol. The second-order valence-corrected chi connectivity index (χ2v) is 7.94. The van der Waals surface area contributed by atoms with Crippen LogP contribution < -0.4 is 5.32 Å². The number of rotatable bonds is 4. The first kappa shape index (κ1) is 22.7. The lowest BCUT2D eigenvalue weighted by atomic mass is 10.2. The predicted octanol–water partition coefficient (Wildman–Crippen LogP) is 0.903. The molecule has 156 valence electrons. The van der Waals surface area contributed by atoms with Crippen LogP contribution in [-0.2, 0) is 4.79 Å². The van der Waals surface area contributed by atoms with Crippen LogP contribution in [-0.4, -0.2) is 110 Å². The van der Waals surface area contributed by atoms with E-state index in [0.29, 0.717) is 11.9 Å². The van der Waals surface area contributed by atoms with E-state index in [4.69, 9.17) is 0 Å². The van der Waals surface area contributed by atoms with E-state index in [-0.39, 0.29) is 30.0 Å². The number of halogens is 1. The minimum Gasteiger partial charge on any atom is -0.355 e. The summed E-state index contributed by atoms with van der Waals surface area (Å²) in [4.78, 5) is 26.2. The molecule has 0 aromatic heterocycles. The van der Waals surface area contributed by atoms with Gasteiger partial charge in [0, 0.05) is 58.9 Å². The number of carbonyl (C=O) groups excluding carboxylic acids is 1. The Balaban J connectivity index is 0.00000261. The number of nitrogens with zero attached hydrogens (tertiary/aromatic N) is 5. The van der Waals surface area contributed by atoms with Gasteiger partial charge in [0.2, 0.25) is 5.91 Å². The summed E-state index contributed by atoms with van der Waals surface area (Å²) in [5, 5.41) is 3.56. The van der Waals surface area contributed by atoms with E-state index >= 15 is 0 Å². The monoisotopic (exact) mass is 492 g/mol. The van der Waals surface area contributed by atoms with Crippen LogP contribution in [0.25, 0.3) is 0 Å². The summed E-state index contributed by atoms with van der Waals surface area (Å²) >= 11 is 0. The van der Waals surface area contributed by atoms with Crippen molar-refractivity contribution in [1.82, 2.24) is 24.9 Å².